The molecule has 0 fully saturated rings. The molecule has 0 atom stereocenters. The summed E-state index contributed by atoms with van der Waals surface area (Å²) in [6, 6.07) is 12.5. The SMILES string of the molecule is CCn1c2c(c3sc(Cc4ccn[nH]4)nc31)C=NN(Cc1ccccc1)C2. The standard InChI is InChI=1S/C20H20N6S/c1-2-26-17-13-25(12-14-6-4-3-5-7-14)22-11-16(17)19-20(26)23-18(27-19)10-15-8-9-21-24-15/h3-9,11H,2,10,12-13H2,1H3,(H,21,24). The zero-order valence-corrected chi connectivity index (χ0v) is 15.9. The normalized spacial score (nSPS) is 13.4. The Morgan fingerprint density at radius 2 is 2.07 bits per heavy atom. The number of aromatic nitrogens is 4. The summed E-state index contributed by atoms with van der Waals surface area (Å²) in [5, 5.41) is 15.0. The molecule has 1 N–H and O–H groups in total. The fourth-order valence-corrected chi connectivity index (χ4v) is 4.75. The Bertz CT molecular complexity index is 1090. The van der Waals surface area contributed by atoms with Crippen LogP contribution in [-0.4, -0.2) is 31.0 Å². The van der Waals surface area contributed by atoms with E-state index in [2.05, 4.69) is 51.0 Å². The van der Waals surface area contributed by atoms with Gasteiger partial charge in [0.05, 0.1) is 29.7 Å². The van der Waals surface area contributed by atoms with E-state index in [-0.39, 0.29) is 0 Å². The summed E-state index contributed by atoms with van der Waals surface area (Å²) in [5.41, 5.74) is 5.98. The summed E-state index contributed by atoms with van der Waals surface area (Å²) in [6.45, 7) is 4.72. The van der Waals surface area contributed by atoms with Crippen molar-refractivity contribution in [1.29, 1.82) is 0 Å². The number of hydrogen-bond donors (Lipinski definition) is 1. The summed E-state index contributed by atoms with van der Waals surface area (Å²) >= 11 is 1.76. The predicted octanol–water partition coefficient (Wildman–Crippen LogP) is 3.78. The van der Waals surface area contributed by atoms with E-state index in [9.17, 15) is 0 Å². The maximum absolute atomic E-state index is 4.93. The molecule has 0 saturated heterocycles. The molecule has 0 bridgehead atoms. The van der Waals surface area contributed by atoms with Gasteiger partial charge in [-0.25, -0.2) is 4.98 Å². The molecule has 0 amide bonds. The third kappa shape index (κ3) is 2.94. The van der Waals surface area contributed by atoms with Crippen molar-refractivity contribution in [3.8, 4) is 0 Å². The summed E-state index contributed by atoms with van der Waals surface area (Å²) in [6.07, 6.45) is 4.58. The topological polar surface area (TPSA) is 62.1 Å². The Labute approximate surface area is 161 Å². The van der Waals surface area contributed by atoms with E-state index >= 15 is 0 Å². The van der Waals surface area contributed by atoms with E-state index in [1.165, 1.54) is 21.5 Å². The van der Waals surface area contributed by atoms with Crippen molar-refractivity contribution < 1.29 is 0 Å². The van der Waals surface area contributed by atoms with Gasteiger partial charge < -0.3 is 4.57 Å². The lowest BCUT2D eigenvalue weighted by Gasteiger charge is -2.24. The van der Waals surface area contributed by atoms with E-state index in [4.69, 9.17) is 10.1 Å². The monoisotopic (exact) mass is 376 g/mol. The van der Waals surface area contributed by atoms with Gasteiger partial charge in [-0.3, -0.25) is 10.1 Å². The molecule has 1 aromatic carbocycles. The smallest absolute Gasteiger partial charge is 0.152 e. The highest BCUT2D eigenvalue weighted by Gasteiger charge is 2.24. The molecular formula is C20H20N6S. The van der Waals surface area contributed by atoms with E-state index in [1.54, 1.807) is 17.5 Å². The van der Waals surface area contributed by atoms with Gasteiger partial charge in [0.15, 0.2) is 5.65 Å². The maximum Gasteiger partial charge on any atom is 0.152 e. The molecule has 0 radical (unpaired) electrons. The number of aryl methyl sites for hydroxylation is 1. The third-order valence-electron chi connectivity index (χ3n) is 4.90. The van der Waals surface area contributed by atoms with Gasteiger partial charge in [0, 0.05) is 30.4 Å². The molecule has 4 aromatic rings. The van der Waals surface area contributed by atoms with Crippen LogP contribution in [0.5, 0.6) is 0 Å². The highest BCUT2D eigenvalue weighted by molar-refractivity contribution is 7.19. The number of nitrogens with one attached hydrogen (secondary N) is 1. The quantitative estimate of drug-likeness (QED) is 0.577. The Hall–Kier alpha value is -2.93. The van der Waals surface area contributed by atoms with Crippen LogP contribution in [0.25, 0.3) is 10.3 Å². The first-order chi connectivity index (χ1) is 13.3. The zero-order chi connectivity index (χ0) is 18.2. The van der Waals surface area contributed by atoms with Gasteiger partial charge in [-0.05, 0) is 18.6 Å². The predicted molar refractivity (Wildman–Crippen MR) is 108 cm³/mol. The fraction of sp³-hybridized carbons (Fsp3) is 0.250. The van der Waals surface area contributed by atoms with E-state index < -0.39 is 0 Å². The molecule has 136 valence electrons. The first-order valence-corrected chi connectivity index (χ1v) is 9.95. The Morgan fingerprint density at radius 1 is 1.19 bits per heavy atom. The number of hydrogen-bond acceptors (Lipinski definition) is 5. The number of H-pyrrole nitrogens is 1. The van der Waals surface area contributed by atoms with Crippen LogP contribution in [-0.2, 0) is 26.1 Å². The van der Waals surface area contributed by atoms with Crippen molar-refractivity contribution in [3.63, 3.8) is 0 Å². The van der Waals surface area contributed by atoms with Gasteiger partial charge in [-0.15, -0.1) is 11.3 Å². The van der Waals surface area contributed by atoms with Crippen LogP contribution in [0, 0.1) is 0 Å². The van der Waals surface area contributed by atoms with Crippen molar-refractivity contribution in [2.45, 2.75) is 33.0 Å². The molecule has 1 aliphatic rings. The number of aromatic amines is 1. The minimum Gasteiger partial charge on any atom is -0.327 e. The minimum atomic E-state index is 0.787. The van der Waals surface area contributed by atoms with E-state index in [1.807, 2.05) is 18.3 Å². The molecule has 0 aliphatic carbocycles. The summed E-state index contributed by atoms with van der Waals surface area (Å²) in [4.78, 5) is 4.93. The van der Waals surface area contributed by atoms with Crippen molar-refractivity contribution in [3.05, 3.63) is 70.1 Å². The van der Waals surface area contributed by atoms with Gasteiger partial charge in [0.2, 0.25) is 0 Å². The van der Waals surface area contributed by atoms with E-state index in [0.29, 0.717) is 0 Å². The van der Waals surface area contributed by atoms with Gasteiger partial charge in [0.1, 0.15) is 5.01 Å². The van der Waals surface area contributed by atoms with Crippen LogP contribution in [0.4, 0.5) is 0 Å². The van der Waals surface area contributed by atoms with Gasteiger partial charge in [0.25, 0.3) is 0 Å². The van der Waals surface area contributed by atoms with Crippen molar-refractivity contribution in [2.24, 2.45) is 5.10 Å². The summed E-state index contributed by atoms with van der Waals surface area (Å²) < 4.78 is 3.57. The molecule has 0 unspecified atom stereocenters. The number of fused-ring (bicyclic) bond motifs is 3. The lowest BCUT2D eigenvalue weighted by molar-refractivity contribution is 0.261. The first kappa shape index (κ1) is 16.3. The zero-order valence-electron chi connectivity index (χ0n) is 15.1. The van der Waals surface area contributed by atoms with Crippen molar-refractivity contribution in [2.75, 3.05) is 0 Å². The van der Waals surface area contributed by atoms with Gasteiger partial charge >= 0.3 is 0 Å². The van der Waals surface area contributed by atoms with Crippen LogP contribution in [0.15, 0.2) is 47.7 Å². The summed E-state index contributed by atoms with van der Waals surface area (Å²) in [5.74, 6) is 0. The lowest BCUT2D eigenvalue weighted by atomic mass is 10.2. The number of benzene rings is 1. The molecule has 1 aliphatic heterocycles. The maximum atomic E-state index is 4.93. The molecule has 0 spiro atoms. The second-order valence-electron chi connectivity index (χ2n) is 6.68. The molecule has 4 heterocycles. The molecule has 0 saturated carbocycles. The molecule has 7 heteroatoms. The van der Waals surface area contributed by atoms with Gasteiger partial charge in [-0.1, -0.05) is 30.3 Å². The largest absolute Gasteiger partial charge is 0.327 e. The Kier molecular flexibility index (Phi) is 4.01. The lowest BCUT2D eigenvalue weighted by Crippen LogP contribution is -2.23. The van der Waals surface area contributed by atoms with Crippen LogP contribution in [0.1, 0.15) is 34.4 Å². The first-order valence-electron chi connectivity index (χ1n) is 9.13. The van der Waals surface area contributed by atoms with Crippen LogP contribution in [0.3, 0.4) is 0 Å². The average Bonchev–Trinajstić information content (AvgIpc) is 3.39. The van der Waals surface area contributed by atoms with Crippen LogP contribution < -0.4 is 0 Å². The second-order valence-corrected chi connectivity index (χ2v) is 7.76. The minimum absolute atomic E-state index is 0.787. The fourth-order valence-electron chi connectivity index (χ4n) is 3.63. The Morgan fingerprint density at radius 3 is 2.85 bits per heavy atom. The summed E-state index contributed by atoms with van der Waals surface area (Å²) in [7, 11) is 0. The van der Waals surface area contributed by atoms with Crippen molar-refractivity contribution >= 4 is 27.9 Å². The molecule has 5 rings (SSSR count). The second kappa shape index (κ2) is 6.66. The van der Waals surface area contributed by atoms with Crippen LogP contribution in [0.2, 0.25) is 0 Å². The number of thiazole rings is 1. The highest BCUT2D eigenvalue weighted by atomic mass is 32.1. The molecular weight excluding hydrogens is 356 g/mol. The number of hydrazone groups is 1. The van der Waals surface area contributed by atoms with Crippen molar-refractivity contribution in [1.82, 2.24) is 24.8 Å². The van der Waals surface area contributed by atoms with Gasteiger partial charge in [-0.2, -0.15) is 10.2 Å². The number of nitrogens with zero attached hydrogens (tertiary/aromatic N) is 5. The van der Waals surface area contributed by atoms with Crippen LogP contribution >= 0.6 is 11.3 Å². The Balaban J connectivity index is 1.47. The van der Waals surface area contributed by atoms with E-state index in [0.717, 1.165) is 42.4 Å². The third-order valence-corrected chi connectivity index (χ3v) is 5.98. The molecule has 3 aromatic heterocycles. The average molecular weight is 376 g/mol. The molecule has 6 nitrogen and oxygen atoms in total. The molecule has 27 heavy (non-hydrogen) atoms. The highest BCUT2D eigenvalue weighted by Crippen LogP contribution is 2.33. The number of rotatable bonds is 5.